The van der Waals surface area contributed by atoms with E-state index >= 15 is 0 Å². The highest BCUT2D eigenvalue weighted by molar-refractivity contribution is 5.85. The van der Waals surface area contributed by atoms with Crippen LogP contribution in [0.3, 0.4) is 0 Å². The van der Waals surface area contributed by atoms with Crippen molar-refractivity contribution in [2.24, 2.45) is 0 Å². The summed E-state index contributed by atoms with van der Waals surface area (Å²) < 4.78 is 5.64. The molecule has 0 spiro atoms. The summed E-state index contributed by atoms with van der Waals surface area (Å²) in [5.74, 6) is -1.17. The van der Waals surface area contributed by atoms with Gasteiger partial charge in [0.1, 0.15) is 24.8 Å². The predicted octanol–water partition coefficient (Wildman–Crippen LogP) is 0.574. The summed E-state index contributed by atoms with van der Waals surface area (Å²) >= 11 is 0. The largest absolute Gasteiger partial charge is 0.480 e. The maximum Gasteiger partial charge on any atom is 0.413 e. The number of aliphatic carboxylic acids is 1. The van der Waals surface area contributed by atoms with Gasteiger partial charge in [-0.2, -0.15) is 10.4 Å². The summed E-state index contributed by atoms with van der Waals surface area (Å²) in [6.45, 7) is 2.90. The number of carboxylic acids is 1. The van der Waals surface area contributed by atoms with Gasteiger partial charge >= 0.3 is 12.1 Å². The van der Waals surface area contributed by atoms with Crippen molar-refractivity contribution in [3.8, 4) is 6.07 Å². The van der Waals surface area contributed by atoms with E-state index in [9.17, 15) is 9.59 Å². The number of anilines is 1. The molecule has 0 saturated heterocycles. The Hall–Kier alpha value is -2.82. The van der Waals surface area contributed by atoms with Gasteiger partial charge in [-0.15, -0.1) is 0 Å². The van der Waals surface area contributed by atoms with E-state index in [1.54, 1.807) is 6.07 Å². The van der Waals surface area contributed by atoms with Crippen molar-refractivity contribution in [2.45, 2.75) is 6.54 Å². The van der Waals surface area contributed by atoms with E-state index in [0.717, 1.165) is 10.9 Å². The van der Waals surface area contributed by atoms with E-state index < -0.39 is 18.6 Å². The van der Waals surface area contributed by atoms with Gasteiger partial charge in [-0.05, 0) is 0 Å². The Balaban J connectivity index is 2.87. The predicted molar refractivity (Wildman–Crippen MR) is 59.7 cm³/mol. The molecular formula is C10H10N4O4. The minimum absolute atomic E-state index is 0.000782. The second-order valence-electron chi connectivity index (χ2n) is 3.08. The third kappa shape index (κ3) is 3.34. The van der Waals surface area contributed by atoms with Crippen LogP contribution in [0.4, 0.5) is 10.6 Å². The maximum atomic E-state index is 11.3. The van der Waals surface area contributed by atoms with E-state index in [0.29, 0.717) is 0 Å². The van der Waals surface area contributed by atoms with Crippen LogP contribution in [0, 0.1) is 11.3 Å². The molecule has 94 valence electrons. The molecule has 0 atom stereocenters. The molecule has 0 saturated carbocycles. The molecule has 0 bridgehead atoms. The number of rotatable bonds is 5. The fourth-order valence-electron chi connectivity index (χ4n) is 1.11. The van der Waals surface area contributed by atoms with Crippen molar-refractivity contribution in [1.82, 2.24) is 9.78 Å². The van der Waals surface area contributed by atoms with Crippen molar-refractivity contribution in [3.63, 3.8) is 0 Å². The maximum absolute atomic E-state index is 11.3. The normalized spacial score (nSPS) is 9.28. The number of hydrogen-bond acceptors (Lipinski definition) is 5. The number of carboxylic acid groups (broad SMARTS) is 1. The number of hydrogen-bond donors (Lipinski definition) is 2. The second kappa shape index (κ2) is 6.05. The molecule has 0 aromatic carbocycles. The Morgan fingerprint density at radius 1 is 1.72 bits per heavy atom. The fourth-order valence-corrected chi connectivity index (χ4v) is 1.11. The molecule has 0 unspecified atom stereocenters. The van der Waals surface area contributed by atoms with E-state index in [1.165, 1.54) is 6.08 Å². The molecule has 8 heteroatoms. The third-order valence-electron chi connectivity index (χ3n) is 1.80. The lowest BCUT2D eigenvalue weighted by atomic mass is 10.3. The summed E-state index contributed by atoms with van der Waals surface area (Å²) in [7, 11) is 0. The molecule has 0 radical (unpaired) electrons. The number of carbonyl (C=O) groups is 2. The highest BCUT2D eigenvalue weighted by atomic mass is 16.5. The molecule has 18 heavy (non-hydrogen) atoms. The lowest BCUT2D eigenvalue weighted by Crippen LogP contribution is -2.19. The van der Waals surface area contributed by atoms with Gasteiger partial charge in [0.25, 0.3) is 0 Å². The first-order valence-electron chi connectivity index (χ1n) is 4.81. The van der Waals surface area contributed by atoms with Crippen LogP contribution in [0.1, 0.15) is 5.56 Å². The topological polar surface area (TPSA) is 117 Å². The minimum atomic E-state index is -1.15. The molecule has 2 N–H and O–H groups in total. The molecule has 1 rings (SSSR count). The number of nitriles is 1. The highest BCUT2D eigenvalue weighted by Crippen LogP contribution is 2.14. The average molecular weight is 250 g/mol. The number of nitrogens with one attached hydrogen (secondary N) is 1. The zero-order valence-electron chi connectivity index (χ0n) is 9.29. The average Bonchev–Trinajstić information content (AvgIpc) is 2.68. The number of amides is 1. The fraction of sp³-hybridized carbons (Fsp3) is 0.200. The highest BCUT2D eigenvalue weighted by Gasteiger charge is 2.15. The molecule has 8 nitrogen and oxygen atoms in total. The van der Waals surface area contributed by atoms with Gasteiger partial charge in [-0.1, -0.05) is 12.7 Å². The summed E-state index contributed by atoms with van der Waals surface area (Å²) in [6, 6.07) is 1.78. The Morgan fingerprint density at radius 2 is 2.44 bits per heavy atom. The minimum Gasteiger partial charge on any atom is -0.480 e. The van der Waals surface area contributed by atoms with Gasteiger partial charge in [0, 0.05) is 0 Å². The van der Waals surface area contributed by atoms with Crippen LogP contribution in [0.2, 0.25) is 0 Å². The molecule has 1 amide bonds. The molecular weight excluding hydrogens is 240 g/mol. The molecule has 0 fully saturated rings. The molecule has 1 aromatic heterocycles. The summed E-state index contributed by atoms with van der Waals surface area (Å²) in [4.78, 5) is 21.9. The first-order chi connectivity index (χ1) is 8.58. The Labute approximate surface area is 102 Å². The number of nitrogens with zero attached hydrogens (tertiary/aromatic N) is 3. The Morgan fingerprint density at radius 3 is 3.00 bits per heavy atom. The first-order valence-corrected chi connectivity index (χ1v) is 4.81. The van der Waals surface area contributed by atoms with Crippen molar-refractivity contribution >= 4 is 17.9 Å². The molecule has 0 aliphatic heterocycles. The Kier molecular flexibility index (Phi) is 4.45. The van der Waals surface area contributed by atoms with Crippen LogP contribution in [0.5, 0.6) is 0 Å². The summed E-state index contributed by atoms with van der Waals surface area (Å²) in [6.07, 6.45) is 1.71. The van der Waals surface area contributed by atoms with Crippen molar-refractivity contribution in [2.75, 3.05) is 11.9 Å². The van der Waals surface area contributed by atoms with Crippen LogP contribution >= 0.6 is 0 Å². The SMILES string of the molecule is C=CCOC(=O)Nc1c(C#N)cnn1CC(=O)O. The summed E-state index contributed by atoms with van der Waals surface area (Å²) in [5.41, 5.74) is 0.0480. The molecule has 1 aromatic rings. The molecule has 0 aliphatic rings. The number of carbonyl (C=O) groups excluding carboxylic acids is 1. The van der Waals surface area contributed by atoms with Crippen molar-refractivity contribution in [1.29, 1.82) is 5.26 Å². The van der Waals surface area contributed by atoms with Gasteiger partial charge in [0.15, 0.2) is 5.82 Å². The van der Waals surface area contributed by atoms with E-state index in [4.69, 9.17) is 10.4 Å². The number of aromatic nitrogens is 2. The molecule has 1 heterocycles. The van der Waals surface area contributed by atoms with Crippen LogP contribution in [0.15, 0.2) is 18.9 Å². The standard InChI is InChI=1S/C10H10N4O4/c1-2-3-18-10(17)13-9-7(4-11)5-12-14(9)6-8(15)16/h2,5H,1,3,6H2,(H,13,17)(H,15,16). The third-order valence-corrected chi connectivity index (χ3v) is 1.80. The monoisotopic (exact) mass is 250 g/mol. The van der Waals surface area contributed by atoms with Gasteiger partial charge < -0.3 is 9.84 Å². The second-order valence-corrected chi connectivity index (χ2v) is 3.08. The van der Waals surface area contributed by atoms with Crippen molar-refractivity contribution < 1.29 is 19.4 Å². The van der Waals surface area contributed by atoms with E-state index in [-0.39, 0.29) is 18.0 Å². The van der Waals surface area contributed by atoms with Crippen LogP contribution in [-0.2, 0) is 16.1 Å². The smallest absolute Gasteiger partial charge is 0.413 e. The van der Waals surface area contributed by atoms with Gasteiger partial charge in [-0.3, -0.25) is 10.1 Å². The zero-order valence-corrected chi connectivity index (χ0v) is 9.29. The molecule has 0 aliphatic carbocycles. The Bertz CT molecular complexity index is 514. The summed E-state index contributed by atoms with van der Waals surface area (Å²) in [5, 5.41) is 23.4. The van der Waals surface area contributed by atoms with Crippen molar-refractivity contribution in [3.05, 3.63) is 24.4 Å². The van der Waals surface area contributed by atoms with Gasteiger partial charge in [0.2, 0.25) is 0 Å². The zero-order chi connectivity index (χ0) is 13.5. The first kappa shape index (κ1) is 13.2. The van der Waals surface area contributed by atoms with Crippen LogP contribution in [0.25, 0.3) is 0 Å². The lowest BCUT2D eigenvalue weighted by Gasteiger charge is -2.07. The van der Waals surface area contributed by atoms with Crippen LogP contribution in [-0.4, -0.2) is 33.6 Å². The van der Waals surface area contributed by atoms with E-state index in [2.05, 4.69) is 21.7 Å². The van der Waals surface area contributed by atoms with Gasteiger partial charge in [-0.25, -0.2) is 9.48 Å². The van der Waals surface area contributed by atoms with Crippen LogP contribution < -0.4 is 5.32 Å². The number of ether oxygens (including phenoxy) is 1. The van der Waals surface area contributed by atoms with E-state index in [1.807, 2.05) is 0 Å². The van der Waals surface area contributed by atoms with Gasteiger partial charge in [0.05, 0.1) is 6.20 Å². The quantitative estimate of drug-likeness (QED) is 0.738. The lowest BCUT2D eigenvalue weighted by molar-refractivity contribution is -0.137.